The van der Waals surface area contributed by atoms with Crippen LogP contribution < -0.4 is 5.32 Å². The van der Waals surface area contributed by atoms with Gasteiger partial charge in [-0.05, 0) is 56.0 Å². The molecule has 0 aliphatic carbocycles. The number of aryl methyl sites for hydroxylation is 2. The third-order valence-corrected chi connectivity index (χ3v) is 3.47. The molecule has 1 heterocycles. The van der Waals surface area contributed by atoms with Crippen LogP contribution in [0.25, 0.3) is 0 Å². The zero-order valence-electron chi connectivity index (χ0n) is 11.0. The number of nitrogens with zero attached hydrogens (tertiary/aromatic N) is 2. The molecule has 18 heavy (non-hydrogen) atoms. The Hall–Kier alpha value is -1.61. The van der Waals surface area contributed by atoms with Crippen molar-refractivity contribution in [3.63, 3.8) is 0 Å². The van der Waals surface area contributed by atoms with Gasteiger partial charge >= 0.3 is 0 Å². The van der Waals surface area contributed by atoms with Crippen molar-refractivity contribution in [2.45, 2.75) is 27.7 Å². The highest BCUT2D eigenvalue weighted by molar-refractivity contribution is 6.30. The fourth-order valence-corrected chi connectivity index (χ4v) is 1.87. The summed E-state index contributed by atoms with van der Waals surface area (Å²) in [6.07, 6.45) is 0. The molecule has 0 amide bonds. The standard InChI is InChI=1S/C14H16ClN3/c1-8-5-6-9(2)12(7-8)16-14-11(4)10(3)13(15)17-18-14/h5-7H,1-4H3,(H,16,18). The Morgan fingerprint density at radius 3 is 2.44 bits per heavy atom. The normalized spacial score (nSPS) is 10.5. The molecule has 94 valence electrons. The van der Waals surface area contributed by atoms with Gasteiger partial charge in [0.15, 0.2) is 11.0 Å². The van der Waals surface area contributed by atoms with E-state index in [2.05, 4.69) is 47.6 Å². The van der Waals surface area contributed by atoms with Gasteiger partial charge in [0, 0.05) is 5.69 Å². The molecule has 0 saturated heterocycles. The van der Waals surface area contributed by atoms with Crippen LogP contribution in [0.1, 0.15) is 22.3 Å². The lowest BCUT2D eigenvalue weighted by atomic mass is 10.1. The zero-order valence-corrected chi connectivity index (χ0v) is 11.8. The van der Waals surface area contributed by atoms with Gasteiger partial charge in [-0.2, -0.15) is 0 Å². The Kier molecular flexibility index (Phi) is 3.53. The topological polar surface area (TPSA) is 37.8 Å². The lowest BCUT2D eigenvalue weighted by molar-refractivity contribution is 1.00. The molecule has 0 spiro atoms. The minimum absolute atomic E-state index is 0.457. The molecule has 1 aromatic heterocycles. The predicted octanol–water partition coefficient (Wildman–Crippen LogP) is 4.11. The lowest BCUT2D eigenvalue weighted by Crippen LogP contribution is -2.02. The average molecular weight is 262 g/mol. The van der Waals surface area contributed by atoms with Crippen molar-refractivity contribution in [1.82, 2.24) is 10.2 Å². The summed E-state index contributed by atoms with van der Waals surface area (Å²) in [5.41, 5.74) is 5.42. The van der Waals surface area contributed by atoms with Crippen LogP contribution in [0.15, 0.2) is 18.2 Å². The first-order valence-electron chi connectivity index (χ1n) is 5.82. The highest BCUT2D eigenvalue weighted by Gasteiger charge is 2.09. The molecule has 3 nitrogen and oxygen atoms in total. The summed E-state index contributed by atoms with van der Waals surface area (Å²) in [4.78, 5) is 0. The van der Waals surface area contributed by atoms with E-state index in [0.29, 0.717) is 5.15 Å². The van der Waals surface area contributed by atoms with Crippen LogP contribution in [0.5, 0.6) is 0 Å². The highest BCUT2D eigenvalue weighted by Crippen LogP contribution is 2.25. The molecular weight excluding hydrogens is 246 g/mol. The van der Waals surface area contributed by atoms with E-state index in [9.17, 15) is 0 Å². The first kappa shape index (κ1) is 12.8. The van der Waals surface area contributed by atoms with Crippen LogP contribution in [0.3, 0.4) is 0 Å². The Labute approximate surface area is 112 Å². The SMILES string of the molecule is Cc1ccc(C)c(Nc2nnc(Cl)c(C)c2C)c1. The van der Waals surface area contributed by atoms with Gasteiger partial charge in [-0.15, -0.1) is 10.2 Å². The van der Waals surface area contributed by atoms with Gasteiger partial charge in [0.2, 0.25) is 0 Å². The van der Waals surface area contributed by atoms with Gasteiger partial charge in [-0.25, -0.2) is 0 Å². The van der Waals surface area contributed by atoms with Gasteiger partial charge < -0.3 is 5.32 Å². The van der Waals surface area contributed by atoms with Crippen molar-refractivity contribution in [3.05, 3.63) is 45.6 Å². The molecule has 1 N–H and O–H groups in total. The molecule has 2 aromatic rings. The summed E-state index contributed by atoms with van der Waals surface area (Å²) < 4.78 is 0. The Morgan fingerprint density at radius 2 is 1.72 bits per heavy atom. The molecule has 0 aliphatic heterocycles. The summed E-state index contributed by atoms with van der Waals surface area (Å²) in [6, 6.07) is 6.27. The van der Waals surface area contributed by atoms with Crippen LogP contribution >= 0.6 is 11.6 Å². The molecule has 1 aromatic carbocycles. The van der Waals surface area contributed by atoms with Crippen molar-refractivity contribution >= 4 is 23.1 Å². The summed E-state index contributed by atoms with van der Waals surface area (Å²) in [7, 11) is 0. The summed E-state index contributed by atoms with van der Waals surface area (Å²) in [5.74, 6) is 0.755. The Bertz CT molecular complexity index is 594. The number of anilines is 2. The summed E-state index contributed by atoms with van der Waals surface area (Å²) in [5, 5.41) is 11.8. The van der Waals surface area contributed by atoms with E-state index >= 15 is 0 Å². The molecule has 0 atom stereocenters. The van der Waals surface area contributed by atoms with E-state index in [1.807, 2.05) is 13.8 Å². The minimum atomic E-state index is 0.457. The Morgan fingerprint density at radius 1 is 1.00 bits per heavy atom. The zero-order chi connectivity index (χ0) is 13.3. The van der Waals surface area contributed by atoms with Crippen LogP contribution in [0, 0.1) is 27.7 Å². The maximum Gasteiger partial charge on any atom is 0.156 e. The number of hydrogen-bond donors (Lipinski definition) is 1. The van der Waals surface area contributed by atoms with E-state index in [-0.39, 0.29) is 0 Å². The fraction of sp³-hybridized carbons (Fsp3) is 0.286. The second kappa shape index (κ2) is 4.94. The fourth-order valence-electron chi connectivity index (χ4n) is 1.69. The molecule has 4 heteroatoms. The van der Waals surface area contributed by atoms with Crippen LogP contribution in [-0.2, 0) is 0 Å². The van der Waals surface area contributed by atoms with Crippen LogP contribution in [0.4, 0.5) is 11.5 Å². The van der Waals surface area contributed by atoms with Crippen molar-refractivity contribution in [1.29, 1.82) is 0 Å². The van der Waals surface area contributed by atoms with Crippen molar-refractivity contribution in [2.75, 3.05) is 5.32 Å². The maximum atomic E-state index is 5.94. The molecular formula is C14H16ClN3. The minimum Gasteiger partial charge on any atom is -0.338 e. The number of rotatable bonds is 2. The van der Waals surface area contributed by atoms with Gasteiger partial charge in [0.05, 0.1) is 0 Å². The Balaban J connectivity index is 2.40. The molecule has 0 unspecified atom stereocenters. The van der Waals surface area contributed by atoms with E-state index in [0.717, 1.165) is 22.6 Å². The highest BCUT2D eigenvalue weighted by atomic mass is 35.5. The molecule has 2 rings (SSSR count). The molecule has 0 bridgehead atoms. The quantitative estimate of drug-likeness (QED) is 0.884. The van der Waals surface area contributed by atoms with E-state index in [1.165, 1.54) is 11.1 Å². The first-order valence-corrected chi connectivity index (χ1v) is 6.20. The number of benzene rings is 1. The largest absolute Gasteiger partial charge is 0.338 e. The number of hydrogen-bond acceptors (Lipinski definition) is 3. The summed E-state index contributed by atoms with van der Waals surface area (Å²) >= 11 is 5.94. The van der Waals surface area contributed by atoms with Gasteiger partial charge in [-0.1, -0.05) is 23.7 Å². The molecule has 0 saturated carbocycles. The second-order valence-corrected chi connectivity index (χ2v) is 4.89. The van der Waals surface area contributed by atoms with Gasteiger partial charge in [-0.3, -0.25) is 0 Å². The molecule has 0 fully saturated rings. The molecule has 0 aliphatic rings. The first-order chi connectivity index (χ1) is 8.49. The van der Waals surface area contributed by atoms with Crippen LogP contribution in [-0.4, -0.2) is 10.2 Å². The average Bonchev–Trinajstić information content (AvgIpc) is 2.34. The summed E-state index contributed by atoms with van der Waals surface area (Å²) in [6.45, 7) is 8.06. The number of nitrogens with one attached hydrogen (secondary N) is 1. The number of aromatic nitrogens is 2. The van der Waals surface area contributed by atoms with E-state index in [1.54, 1.807) is 0 Å². The number of halogens is 1. The second-order valence-electron chi connectivity index (χ2n) is 4.53. The lowest BCUT2D eigenvalue weighted by Gasteiger charge is -2.12. The third kappa shape index (κ3) is 2.46. The van der Waals surface area contributed by atoms with Crippen molar-refractivity contribution in [3.8, 4) is 0 Å². The predicted molar refractivity (Wildman–Crippen MR) is 75.7 cm³/mol. The van der Waals surface area contributed by atoms with Gasteiger partial charge in [0.1, 0.15) is 0 Å². The third-order valence-electron chi connectivity index (χ3n) is 3.11. The smallest absolute Gasteiger partial charge is 0.156 e. The van der Waals surface area contributed by atoms with E-state index in [4.69, 9.17) is 11.6 Å². The van der Waals surface area contributed by atoms with Gasteiger partial charge in [0.25, 0.3) is 0 Å². The monoisotopic (exact) mass is 261 g/mol. The van der Waals surface area contributed by atoms with Crippen molar-refractivity contribution < 1.29 is 0 Å². The van der Waals surface area contributed by atoms with Crippen LogP contribution in [0.2, 0.25) is 5.15 Å². The molecule has 0 radical (unpaired) electrons. The van der Waals surface area contributed by atoms with Crippen molar-refractivity contribution in [2.24, 2.45) is 0 Å². The maximum absolute atomic E-state index is 5.94. The van der Waals surface area contributed by atoms with E-state index < -0.39 is 0 Å².